The zero-order valence-electron chi connectivity index (χ0n) is 10.8. The van der Waals surface area contributed by atoms with Gasteiger partial charge in [0.05, 0.1) is 12.4 Å². The van der Waals surface area contributed by atoms with Gasteiger partial charge in [-0.3, -0.25) is 4.79 Å². The van der Waals surface area contributed by atoms with Gasteiger partial charge in [-0.25, -0.2) is 0 Å². The Morgan fingerprint density at radius 3 is 3.16 bits per heavy atom. The van der Waals surface area contributed by atoms with Crippen molar-refractivity contribution >= 4 is 28.6 Å². The standard InChI is InChI=1S/C14H16N2O2S/c1-18-7-6-16-13(17)9-19-14(16)11-8-15-12-5-3-2-4-10(11)12/h2-5,8,14-15H,6-7,9H2,1H3. The lowest BCUT2D eigenvalue weighted by molar-refractivity contribution is -0.128. The highest BCUT2D eigenvalue weighted by Gasteiger charge is 2.33. The van der Waals surface area contributed by atoms with Crippen molar-refractivity contribution in [3.05, 3.63) is 36.0 Å². The minimum atomic E-state index is 0.0961. The predicted octanol–water partition coefficient (Wildman–Crippen LogP) is 2.39. The van der Waals surface area contributed by atoms with Gasteiger partial charge in [0.15, 0.2) is 0 Å². The summed E-state index contributed by atoms with van der Waals surface area (Å²) >= 11 is 1.68. The van der Waals surface area contributed by atoms with Gasteiger partial charge in [0, 0.05) is 36.3 Å². The molecular formula is C14H16N2O2S. The Morgan fingerprint density at radius 2 is 2.32 bits per heavy atom. The number of H-pyrrole nitrogens is 1. The van der Waals surface area contributed by atoms with Gasteiger partial charge < -0.3 is 14.6 Å². The number of benzene rings is 1. The molecule has 4 nitrogen and oxygen atoms in total. The Labute approximate surface area is 116 Å². The second-order valence-corrected chi connectivity index (χ2v) is 5.60. The molecule has 1 amide bonds. The van der Waals surface area contributed by atoms with Crippen LogP contribution in [0.15, 0.2) is 30.5 Å². The molecule has 2 heterocycles. The van der Waals surface area contributed by atoms with Gasteiger partial charge in [-0.2, -0.15) is 0 Å². The van der Waals surface area contributed by atoms with Crippen molar-refractivity contribution < 1.29 is 9.53 Å². The number of aromatic amines is 1. The second-order valence-electron chi connectivity index (χ2n) is 4.53. The third kappa shape index (κ3) is 2.24. The first kappa shape index (κ1) is 12.6. The number of para-hydroxylation sites is 1. The third-order valence-electron chi connectivity index (χ3n) is 3.39. The summed E-state index contributed by atoms with van der Waals surface area (Å²) in [6.07, 6.45) is 2.01. The molecule has 1 N–H and O–H groups in total. The van der Waals surface area contributed by atoms with E-state index in [9.17, 15) is 4.79 Å². The van der Waals surface area contributed by atoms with Crippen molar-refractivity contribution in [2.75, 3.05) is 26.0 Å². The lowest BCUT2D eigenvalue weighted by atomic mass is 10.1. The monoisotopic (exact) mass is 276 g/mol. The van der Waals surface area contributed by atoms with Crippen molar-refractivity contribution in [2.24, 2.45) is 0 Å². The normalized spacial score (nSPS) is 19.5. The molecule has 100 valence electrons. The Hall–Kier alpha value is -1.46. The summed E-state index contributed by atoms with van der Waals surface area (Å²) in [5, 5.41) is 1.29. The molecule has 1 atom stereocenters. The molecule has 1 fully saturated rings. The molecule has 0 bridgehead atoms. The van der Waals surface area contributed by atoms with E-state index in [1.54, 1.807) is 18.9 Å². The number of carbonyl (C=O) groups excluding carboxylic acids is 1. The average molecular weight is 276 g/mol. The number of aromatic nitrogens is 1. The Morgan fingerprint density at radius 1 is 1.47 bits per heavy atom. The van der Waals surface area contributed by atoms with Gasteiger partial charge in [0.25, 0.3) is 0 Å². The molecule has 1 unspecified atom stereocenters. The largest absolute Gasteiger partial charge is 0.383 e. The fraction of sp³-hybridized carbons (Fsp3) is 0.357. The van der Waals surface area contributed by atoms with Gasteiger partial charge in [-0.1, -0.05) is 18.2 Å². The maximum Gasteiger partial charge on any atom is 0.233 e. The van der Waals surface area contributed by atoms with Crippen molar-refractivity contribution in [1.82, 2.24) is 9.88 Å². The molecule has 2 aromatic rings. The van der Waals surface area contributed by atoms with Crippen molar-refractivity contribution in [3.8, 4) is 0 Å². The zero-order valence-corrected chi connectivity index (χ0v) is 11.6. The smallest absolute Gasteiger partial charge is 0.233 e. The number of methoxy groups -OCH3 is 1. The fourth-order valence-corrected chi connectivity index (χ4v) is 3.69. The molecule has 0 radical (unpaired) electrons. The van der Waals surface area contributed by atoms with Gasteiger partial charge in [-0.05, 0) is 6.07 Å². The first-order chi connectivity index (χ1) is 9.31. The Bertz CT molecular complexity index is 596. The molecule has 1 aliphatic rings. The van der Waals surface area contributed by atoms with Crippen LogP contribution in [-0.2, 0) is 9.53 Å². The Balaban J connectivity index is 1.94. The number of thioether (sulfide) groups is 1. The van der Waals surface area contributed by atoms with E-state index in [0.29, 0.717) is 18.9 Å². The summed E-state index contributed by atoms with van der Waals surface area (Å²) in [6, 6.07) is 8.19. The number of hydrogen-bond acceptors (Lipinski definition) is 3. The van der Waals surface area contributed by atoms with Crippen LogP contribution in [0.25, 0.3) is 10.9 Å². The lowest BCUT2D eigenvalue weighted by Crippen LogP contribution is -2.31. The van der Waals surface area contributed by atoms with Crippen molar-refractivity contribution in [3.63, 3.8) is 0 Å². The molecule has 0 saturated carbocycles. The number of amides is 1. The molecule has 0 aliphatic carbocycles. The summed E-state index contributed by atoms with van der Waals surface area (Å²) in [5.74, 6) is 0.741. The summed E-state index contributed by atoms with van der Waals surface area (Å²) in [5.41, 5.74) is 2.30. The molecule has 0 spiro atoms. The first-order valence-corrected chi connectivity index (χ1v) is 7.32. The summed E-state index contributed by atoms with van der Waals surface area (Å²) in [6.45, 7) is 1.22. The number of hydrogen-bond donors (Lipinski definition) is 1. The van der Waals surface area contributed by atoms with Crippen LogP contribution in [0.5, 0.6) is 0 Å². The molecule has 5 heteroatoms. The van der Waals surface area contributed by atoms with E-state index in [1.165, 1.54) is 10.9 Å². The van der Waals surface area contributed by atoms with Crippen LogP contribution in [0.4, 0.5) is 0 Å². The minimum Gasteiger partial charge on any atom is -0.383 e. The SMILES string of the molecule is COCCN1C(=O)CSC1c1c[nH]c2ccccc12. The van der Waals surface area contributed by atoms with Crippen molar-refractivity contribution in [2.45, 2.75) is 5.37 Å². The number of nitrogens with one attached hydrogen (secondary N) is 1. The second kappa shape index (κ2) is 5.27. The molecule has 1 aromatic heterocycles. The number of carbonyl (C=O) groups is 1. The number of nitrogens with zero attached hydrogens (tertiary/aromatic N) is 1. The highest BCUT2D eigenvalue weighted by molar-refractivity contribution is 8.00. The van der Waals surface area contributed by atoms with Gasteiger partial charge in [-0.15, -0.1) is 11.8 Å². The number of ether oxygens (including phenoxy) is 1. The molecular weight excluding hydrogens is 260 g/mol. The van der Waals surface area contributed by atoms with E-state index in [-0.39, 0.29) is 11.3 Å². The number of fused-ring (bicyclic) bond motifs is 1. The van der Waals surface area contributed by atoms with E-state index in [4.69, 9.17) is 4.74 Å². The van der Waals surface area contributed by atoms with Crippen LogP contribution in [0.2, 0.25) is 0 Å². The number of rotatable bonds is 4. The first-order valence-electron chi connectivity index (χ1n) is 6.27. The zero-order chi connectivity index (χ0) is 13.2. The third-order valence-corrected chi connectivity index (χ3v) is 4.63. The maximum atomic E-state index is 12.0. The molecule has 19 heavy (non-hydrogen) atoms. The minimum absolute atomic E-state index is 0.0961. The van der Waals surface area contributed by atoms with E-state index < -0.39 is 0 Å². The van der Waals surface area contributed by atoms with Crippen LogP contribution in [0, 0.1) is 0 Å². The van der Waals surface area contributed by atoms with Gasteiger partial charge >= 0.3 is 0 Å². The van der Waals surface area contributed by atoms with Crippen LogP contribution >= 0.6 is 11.8 Å². The topological polar surface area (TPSA) is 45.3 Å². The van der Waals surface area contributed by atoms with Gasteiger partial charge in [0.2, 0.25) is 5.91 Å². The van der Waals surface area contributed by atoms with E-state index in [2.05, 4.69) is 17.1 Å². The quantitative estimate of drug-likeness (QED) is 0.932. The summed E-state index contributed by atoms with van der Waals surface area (Å²) < 4.78 is 5.09. The molecule has 3 rings (SSSR count). The predicted molar refractivity (Wildman–Crippen MR) is 77.1 cm³/mol. The summed E-state index contributed by atoms with van der Waals surface area (Å²) in [7, 11) is 1.66. The van der Waals surface area contributed by atoms with Crippen LogP contribution in [-0.4, -0.2) is 41.8 Å². The maximum absolute atomic E-state index is 12.0. The lowest BCUT2D eigenvalue weighted by Gasteiger charge is -2.23. The molecule has 1 saturated heterocycles. The molecule has 1 aliphatic heterocycles. The van der Waals surface area contributed by atoms with Gasteiger partial charge in [0.1, 0.15) is 5.37 Å². The Kier molecular flexibility index (Phi) is 3.48. The van der Waals surface area contributed by atoms with Crippen molar-refractivity contribution in [1.29, 1.82) is 0 Å². The van der Waals surface area contributed by atoms with Crippen LogP contribution in [0.3, 0.4) is 0 Å². The van der Waals surface area contributed by atoms with E-state index in [0.717, 1.165) is 5.52 Å². The van der Waals surface area contributed by atoms with E-state index in [1.807, 2.05) is 23.2 Å². The highest BCUT2D eigenvalue weighted by atomic mass is 32.2. The average Bonchev–Trinajstić information content (AvgIpc) is 3.00. The molecule has 1 aromatic carbocycles. The fourth-order valence-electron chi connectivity index (χ4n) is 2.44. The highest BCUT2D eigenvalue weighted by Crippen LogP contribution is 2.41. The van der Waals surface area contributed by atoms with Crippen LogP contribution < -0.4 is 0 Å². The summed E-state index contributed by atoms with van der Waals surface area (Å²) in [4.78, 5) is 17.1. The van der Waals surface area contributed by atoms with Crippen LogP contribution in [0.1, 0.15) is 10.9 Å². The van der Waals surface area contributed by atoms with E-state index >= 15 is 0 Å².